The molecule has 3 nitrogen and oxygen atoms in total. The fourth-order valence-electron chi connectivity index (χ4n) is 1.19. The lowest BCUT2D eigenvalue weighted by Gasteiger charge is -2.01. The van der Waals surface area contributed by atoms with Crippen molar-refractivity contribution in [3.8, 4) is 0 Å². The van der Waals surface area contributed by atoms with Crippen molar-refractivity contribution in [3.63, 3.8) is 0 Å². The van der Waals surface area contributed by atoms with E-state index in [1.807, 2.05) is 0 Å². The minimum Gasteiger partial charge on any atom is -0.364 e. The van der Waals surface area contributed by atoms with Crippen LogP contribution < -0.4 is 0 Å². The smallest absolute Gasteiger partial charge is 0.133 e. The number of aryl methyl sites for hydroxylation is 1. The SMILES string of the molecule is CC(C)CC(=O)CCc1cnoc1. The van der Waals surface area contributed by atoms with Crippen molar-refractivity contribution in [2.24, 2.45) is 5.92 Å². The number of nitrogens with zero attached hydrogens (tertiary/aromatic N) is 1. The average Bonchev–Trinajstić information content (AvgIpc) is 2.51. The molecular weight excluding hydrogens is 166 g/mol. The van der Waals surface area contributed by atoms with E-state index >= 15 is 0 Å². The molecule has 0 saturated carbocycles. The fraction of sp³-hybridized carbons (Fsp3) is 0.600. The van der Waals surface area contributed by atoms with Gasteiger partial charge in [0.2, 0.25) is 0 Å². The fourth-order valence-corrected chi connectivity index (χ4v) is 1.19. The van der Waals surface area contributed by atoms with Crippen molar-refractivity contribution in [1.82, 2.24) is 5.16 Å². The number of aromatic nitrogens is 1. The number of carbonyl (C=O) groups is 1. The van der Waals surface area contributed by atoms with Crippen molar-refractivity contribution in [2.75, 3.05) is 0 Å². The zero-order chi connectivity index (χ0) is 9.68. The molecule has 0 aliphatic carbocycles. The number of ketones is 1. The number of hydrogen-bond acceptors (Lipinski definition) is 3. The van der Waals surface area contributed by atoms with Crippen molar-refractivity contribution in [3.05, 3.63) is 18.0 Å². The quantitative estimate of drug-likeness (QED) is 0.699. The Hall–Kier alpha value is -1.12. The predicted molar refractivity (Wildman–Crippen MR) is 49.3 cm³/mol. The number of carbonyl (C=O) groups excluding carboxylic acids is 1. The summed E-state index contributed by atoms with van der Waals surface area (Å²) in [7, 11) is 0. The van der Waals surface area contributed by atoms with Crippen LogP contribution in [0.4, 0.5) is 0 Å². The summed E-state index contributed by atoms with van der Waals surface area (Å²) >= 11 is 0. The molecule has 1 heterocycles. The van der Waals surface area contributed by atoms with E-state index in [0.29, 0.717) is 24.5 Å². The molecule has 0 amide bonds. The van der Waals surface area contributed by atoms with Gasteiger partial charge in [0.15, 0.2) is 0 Å². The maximum absolute atomic E-state index is 11.3. The first-order valence-corrected chi connectivity index (χ1v) is 4.58. The molecule has 0 fully saturated rings. The normalized spacial score (nSPS) is 10.7. The van der Waals surface area contributed by atoms with Gasteiger partial charge in [-0.1, -0.05) is 19.0 Å². The van der Waals surface area contributed by atoms with Gasteiger partial charge >= 0.3 is 0 Å². The first-order valence-electron chi connectivity index (χ1n) is 4.58. The lowest BCUT2D eigenvalue weighted by molar-refractivity contribution is -0.119. The molecule has 0 spiro atoms. The van der Waals surface area contributed by atoms with Crippen molar-refractivity contribution < 1.29 is 9.32 Å². The molecule has 1 aromatic heterocycles. The Kier molecular flexibility index (Phi) is 3.68. The summed E-state index contributed by atoms with van der Waals surface area (Å²) in [6, 6.07) is 0. The molecule has 0 bridgehead atoms. The molecule has 0 aromatic carbocycles. The van der Waals surface area contributed by atoms with Gasteiger partial charge in [-0.3, -0.25) is 4.79 Å². The highest BCUT2D eigenvalue weighted by molar-refractivity contribution is 5.78. The second-order valence-electron chi connectivity index (χ2n) is 3.67. The number of hydrogen-bond donors (Lipinski definition) is 0. The Balaban J connectivity index is 2.23. The van der Waals surface area contributed by atoms with E-state index in [2.05, 4.69) is 23.5 Å². The Morgan fingerprint density at radius 3 is 2.92 bits per heavy atom. The predicted octanol–water partition coefficient (Wildman–Crippen LogP) is 2.22. The van der Waals surface area contributed by atoms with E-state index in [0.717, 1.165) is 12.0 Å². The average molecular weight is 181 g/mol. The van der Waals surface area contributed by atoms with Gasteiger partial charge in [-0.05, 0) is 12.3 Å². The standard InChI is InChI=1S/C10H15NO2/c1-8(2)5-10(12)4-3-9-6-11-13-7-9/h6-8H,3-5H2,1-2H3. The molecular formula is C10H15NO2. The van der Waals surface area contributed by atoms with E-state index in [9.17, 15) is 4.79 Å². The number of Topliss-reactive ketones (excluding diaryl/α,β-unsaturated/α-hetero) is 1. The van der Waals surface area contributed by atoms with Crippen LogP contribution in [0.3, 0.4) is 0 Å². The minimum absolute atomic E-state index is 0.316. The van der Waals surface area contributed by atoms with Gasteiger partial charge in [0.1, 0.15) is 12.0 Å². The Labute approximate surface area is 78.1 Å². The first-order chi connectivity index (χ1) is 6.18. The Morgan fingerprint density at radius 2 is 2.38 bits per heavy atom. The van der Waals surface area contributed by atoms with Crippen LogP contribution in [-0.4, -0.2) is 10.9 Å². The van der Waals surface area contributed by atoms with Gasteiger partial charge < -0.3 is 4.52 Å². The molecule has 0 aliphatic heterocycles. The Bertz CT molecular complexity index is 252. The summed E-state index contributed by atoms with van der Waals surface area (Å²) in [5, 5.41) is 3.57. The van der Waals surface area contributed by atoms with Crippen LogP contribution in [-0.2, 0) is 11.2 Å². The summed E-state index contributed by atoms with van der Waals surface area (Å²) in [4.78, 5) is 11.3. The van der Waals surface area contributed by atoms with Gasteiger partial charge in [0.05, 0.1) is 6.20 Å². The van der Waals surface area contributed by atoms with Crippen molar-refractivity contribution in [1.29, 1.82) is 0 Å². The van der Waals surface area contributed by atoms with Gasteiger partial charge in [0.25, 0.3) is 0 Å². The van der Waals surface area contributed by atoms with Gasteiger partial charge in [-0.25, -0.2) is 0 Å². The lowest BCUT2D eigenvalue weighted by Crippen LogP contribution is -2.03. The van der Waals surface area contributed by atoms with Crippen LogP contribution in [0.25, 0.3) is 0 Å². The molecule has 13 heavy (non-hydrogen) atoms. The topological polar surface area (TPSA) is 43.1 Å². The third-order valence-corrected chi connectivity index (χ3v) is 1.81. The van der Waals surface area contributed by atoms with E-state index < -0.39 is 0 Å². The minimum atomic E-state index is 0.316. The third kappa shape index (κ3) is 3.87. The molecule has 0 atom stereocenters. The molecule has 3 heteroatoms. The van der Waals surface area contributed by atoms with Gasteiger partial charge in [0, 0.05) is 18.4 Å². The first kappa shape index (κ1) is 9.96. The van der Waals surface area contributed by atoms with Crippen LogP contribution in [0.5, 0.6) is 0 Å². The zero-order valence-corrected chi connectivity index (χ0v) is 8.12. The second kappa shape index (κ2) is 4.80. The zero-order valence-electron chi connectivity index (χ0n) is 8.12. The van der Waals surface area contributed by atoms with E-state index in [1.165, 1.54) is 0 Å². The van der Waals surface area contributed by atoms with Crippen LogP contribution in [0.2, 0.25) is 0 Å². The summed E-state index contributed by atoms with van der Waals surface area (Å²) in [6.07, 6.45) is 5.25. The monoisotopic (exact) mass is 181 g/mol. The molecule has 1 aromatic rings. The van der Waals surface area contributed by atoms with Crippen molar-refractivity contribution >= 4 is 5.78 Å². The maximum atomic E-state index is 11.3. The number of rotatable bonds is 5. The lowest BCUT2D eigenvalue weighted by atomic mass is 10.0. The highest BCUT2D eigenvalue weighted by Gasteiger charge is 2.05. The summed E-state index contributed by atoms with van der Waals surface area (Å²) < 4.78 is 4.67. The van der Waals surface area contributed by atoms with Crippen LogP contribution in [0.15, 0.2) is 17.0 Å². The molecule has 0 radical (unpaired) electrons. The largest absolute Gasteiger partial charge is 0.364 e. The molecule has 1 rings (SSSR count). The van der Waals surface area contributed by atoms with Crippen molar-refractivity contribution in [2.45, 2.75) is 33.1 Å². The van der Waals surface area contributed by atoms with Crippen LogP contribution >= 0.6 is 0 Å². The van der Waals surface area contributed by atoms with Crippen LogP contribution in [0, 0.1) is 5.92 Å². The van der Waals surface area contributed by atoms with Gasteiger partial charge in [-0.2, -0.15) is 0 Å². The maximum Gasteiger partial charge on any atom is 0.133 e. The molecule has 72 valence electrons. The highest BCUT2D eigenvalue weighted by Crippen LogP contribution is 2.06. The summed E-state index contributed by atoms with van der Waals surface area (Å²) in [5.74, 6) is 0.770. The third-order valence-electron chi connectivity index (χ3n) is 1.81. The van der Waals surface area contributed by atoms with Gasteiger partial charge in [-0.15, -0.1) is 0 Å². The van der Waals surface area contributed by atoms with E-state index in [1.54, 1.807) is 12.5 Å². The van der Waals surface area contributed by atoms with E-state index in [-0.39, 0.29) is 0 Å². The Morgan fingerprint density at radius 1 is 1.62 bits per heavy atom. The van der Waals surface area contributed by atoms with E-state index in [4.69, 9.17) is 0 Å². The molecule has 0 aliphatic rings. The molecule has 0 N–H and O–H groups in total. The molecule has 0 unspecified atom stereocenters. The van der Waals surface area contributed by atoms with Crippen LogP contribution in [0.1, 0.15) is 32.3 Å². The highest BCUT2D eigenvalue weighted by atomic mass is 16.5. The summed E-state index contributed by atoms with van der Waals surface area (Å²) in [6.45, 7) is 4.11. The second-order valence-corrected chi connectivity index (χ2v) is 3.67. The molecule has 0 saturated heterocycles. The summed E-state index contributed by atoms with van der Waals surface area (Å²) in [5.41, 5.74) is 0.997.